The van der Waals surface area contributed by atoms with Gasteiger partial charge in [0.2, 0.25) is 0 Å². The quantitative estimate of drug-likeness (QED) is 0.566. The third-order valence-electron chi connectivity index (χ3n) is 3.59. The zero-order valence-corrected chi connectivity index (χ0v) is 12.9. The Hall–Kier alpha value is -2.55. The number of allylic oxidation sites excluding steroid dienone is 1. The first kappa shape index (κ1) is 15.8. The van der Waals surface area contributed by atoms with Gasteiger partial charge >= 0.3 is 0 Å². The van der Waals surface area contributed by atoms with Crippen molar-refractivity contribution in [3.05, 3.63) is 72.3 Å². The molecule has 3 nitrogen and oxygen atoms in total. The number of carbonyl (C=O) groups excluding carboxylic acids is 1. The van der Waals surface area contributed by atoms with Gasteiger partial charge in [0, 0.05) is 24.0 Å². The zero-order chi connectivity index (χ0) is 15.9. The molecule has 0 N–H and O–H groups in total. The van der Waals surface area contributed by atoms with Crippen molar-refractivity contribution in [2.45, 2.75) is 12.3 Å². The SMILES string of the molecule is C=CC(CC(=O)c1ccccc1)c1cc(OC)cc(OC)c1. The van der Waals surface area contributed by atoms with Crippen LogP contribution in [-0.4, -0.2) is 20.0 Å². The molecule has 1 atom stereocenters. The van der Waals surface area contributed by atoms with Crippen molar-refractivity contribution in [2.75, 3.05) is 14.2 Å². The van der Waals surface area contributed by atoms with Gasteiger partial charge in [-0.05, 0) is 17.7 Å². The second-order valence-corrected chi connectivity index (χ2v) is 4.98. The van der Waals surface area contributed by atoms with Gasteiger partial charge in [-0.15, -0.1) is 6.58 Å². The molecule has 2 aromatic carbocycles. The Labute approximate surface area is 131 Å². The summed E-state index contributed by atoms with van der Waals surface area (Å²) in [5.41, 5.74) is 1.67. The van der Waals surface area contributed by atoms with E-state index in [1.54, 1.807) is 20.3 Å². The van der Waals surface area contributed by atoms with E-state index >= 15 is 0 Å². The molecule has 22 heavy (non-hydrogen) atoms. The second-order valence-electron chi connectivity index (χ2n) is 4.98. The molecule has 3 heteroatoms. The van der Waals surface area contributed by atoms with Crippen LogP contribution in [0.25, 0.3) is 0 Å². The highest BCUT2D eigenvalue weighted by molar-refractivity contribution is 5.96. The van der Waals surface area contributed by atoms with Crippen LogP contribution in [-0.2, 0) is 0 Å². The Morgan fingerprint density at radius 1 is 1.09 bits per heavy atom. The van der Waals surface area contributed by atoms with Gasteiger partial charge in [0.25, 0.3) is 0 Å². The fourth-order valence-electron chi connectivity index (χ4n) is 2.32. The first-order valence-corrected chi connectivity index (χ1v) is 7.11. The van der Waals surface area contributed by atoms with Gasteiger partial charge in [0.05, 0.1) is 14.2 Å². The minimum absolute atomic E-state index is 0.0864. The van der Waals surface area contributed by atoms with Crippen LogP contribution >= 0.6 is 0 Å². The predicted molar refractivity (Wildman–Crippen MR) is 87.9 cm³/mol. The van der Waals surface area contributed by atoms with Crippen LogP contribution in [0.1, 0.15) is 28.3 Å². The maximum Gasteiger partial charge on any atom is 0.163 e. The number of ketones is 1. The van der Waals surface area contributed by atoms with Gasteiger partial charge in [0.15, 0.2) is 5.78 Å². The Morgan fingerprint density at radius 3 is 2.18 bits per heavy atom. The van der Waals surface area contributed by atoms with E-state index in [4.69, 9.17) is 9.47 Å². The monoisotopic (exact) mass is 296 g/mol. The van der Waals surface area contributed by atoms with Crippen molar-refractivity contribution >= 4 is 5.78 Å². The van der Waals surface area contributed by atoms with Crippen LogP contribution in [0.4, 0.5) is 0 Å². The minimum Gasteiger partial charge on any atom is -0.497 e. The summed E-state index contributed by atoms with van der Waals surface area (Å²) in [5.74, 6) is 1.41. The van der Waals surface area contributed by atoms with Gasteiger partial charge in [-0.1, -0.05) is 36.4 Å². The lowest BCUT2D eigenvalue weighted by atomic mass is 9.91. The molecular weight excluding hydrogens is 276 g/mol. The van der Waals surface area contributed by atoms with Crippen LogP contribution in [0.5, 0.6) is 11.5 Å². The Morgan fingerprint density at radius 2 is 1.68 bits per heavy atom. The van der Waals surface area contributed by atoms with Crippen molar-refractivity contribution in [3.63, 3.8) is 0 Å². The minimum atomic E-state index is -0.0864. The van der Waals surface area contributed by atoms with Gasteiger partial charge in [0.1, 0.15) is 11.5 Å². The first-order valence-electron chi connectivity index (χ1n) is 7.11. The number of ether oxygens (including phenoxy) is 2. The normalized spacial score (nSPS) is 11.5. The molecular formula is C19H20O3. The van der Waals surface area contributed by atoms with E-state index in [1.165, 1.54) is 0 Å². The smallest absolute Gasteiger partial charge is 0.163 e. The van der Waals surface area contributed by atoms with Gasteiger partial charge in [-0.25, -0.2) is 0 Å². The Bertz CT molecular complexity index is 625. The Kier molecular flexibility index (Phi) is 5.37. The molecule has 0 aliphatic heterocycles. The average molecular weight is 296 g/mol. The zero-order valence-electron chi connectivity index (χ0n) is 12.9. The number of hydrogen-bond acceptors (Lipinski definition) is 3. The molecule has 0 fully saturated rings. The number of methoxy groups -OCH3 is 2. The lowest BCUT2D eigenvalue weighted by molar-refractivity contribution is 0.0978. The summed E-state index contributed by atoms with van der Waals surface area (Å²) in [7, 11) is 3.22. The summed E-state index contributed by atoms with van der Waals surface area (Å²) in [6.07, 6.45) is 2.15. The van der Waals surface area contributed by atoms with Crippen LogP contribution in [0.3, 0.4) is 0 Å². The largest absolute Gasteiger partial charge is 0.497 e. The van der Waals surface area contributed by atoms with Crippen LogP contribution < -0.4 is 9.47 Å². The van der Waals surface area contributed by atoms with Crippen molar-refractivity contribution in [1.82, 2.24) is 0 Å². The molecule has 1 unspecified atom stereocenters. The van der Waals surface area contributed by atoms with Crippen molar-refractivity contribution in [1.29, 1.82) is 0 Å². The molecule has 2 aromatic rings. The number of Topliss-reactive ketones (excluding diaryl/α,β-unsaturated/α-hetero) is 1. The van der Waals surface area contributed by atoms with Crippen molar-refractivity contribution in [3.8, 4) is 11.5 Å². The van der Waals surface area contributed by atoms with Crippen LogP contribution in [0.15, 0.2) is 61.2 Å². The molecule has 0 heterocycles. The number of benzene rings is 2. The highest BCUT2D eigenvalue weighted by atomic mass is 16.5. The van der Waals surface area contributed by atoms with Gasteiger partial charge < -0.3 is 9.47 Å². The molecule has 0 spiro atoms. The number of hydrogen-bond donors (Lipinski definition) is 0. The molecule has 0 aliphatic rings. The lowest BCUT2D eigenvalue weighted by Crippen LogP contribution is -2.06. The van der Waals surface area contributed by atoms with Gasteiger partial charge in [-0.2, -0.15) is 0 Å². The third-order valence-corrected chi connectivity index (χ3v) is 3.59. The molecule has 0 bridgehead atoms. The maximum absolute atomic E-state index is 12.4. The Balaban J connectivity index is 2.25. The van der Waals surface area contributed by atoms with E-state index in [1.807, 2.05) is 48.5 Å². The summed E-state index contributed by atoms with van der Waals surface area (Å²) in [6, 6.07) is 14.9. The molecule has 0 aromatic heterocycles. The third kappa shape index (κ3) is 3.76. The summed E-state index contributed by atoms with van der Waals surface area (Å²) in [5, 5.41) is 0. The highest BCUT2D eigenvalue weighted by Gasteiger charge is 2.16. The summed E-state index contributed by atoms with van der Waals surface area (Å²) in [4.78, 5) is 12.4. The molecule has 0 saturated carbocycles. The van der Waals surface area contributed by atoms with Gasteiger partial charge in [-0.3, -0.25) is 4.79 Å². The molecule has 0 radical (unpaired) electrons. The second kappa shape index (κ2) is 7.46. The fraction of sp³-hybridized carbons (Fsp3) is 0.211. The van der Waals surface area contributed by atoms with E-state index < -0.39 is 0 Å². The molecule has 0 aliphatic carbocycles. The van der Waals surface area contributed by atoms with E-state index in [2.05, 4.69) is 6.58 Å². The molecule has 114 valence electrons. The fourth-order valence-corrected chi connectivity index (χ4v) is 2.32. The molecule has 2 rings (SSSR count). The lowest BCUT2D eigenvalue weighted by Gasteiger charge is -2.15. The van der Waals surface area contributed by atoms with Crippen molar-refractivity contribution in [2.24, 2.45) is 0 Å². The van der Waals surface area contributed by atoms with E-state index in [9.17, 15) is 4.79 Å². The number of rotatable bonds is 7. The summed E-state index contributed by atoms with van der Waals surface area (Å²) < 4.78 is 10.6. The molecule has 0 saturated heterocycles. The first-order chi connectivity index (χ1) is 10.7. The highest BCUT2D eigenvalue weighted by Crippen LogP contribution is 2.30. The van der Waals surface area contributed by atoms with E-state index in [0.29, 0.717) is 23.5 Å². The van der Waals surface area contributed by atoms with Crippen LogP contribution in [0.2, 0.25) is 0 Å². The number of carbonyl (C=O) groups is 1. The predicted octanol–water partition coefficient (Wildman–Crippen LogP) is 4.25. The topological polar surface area (TPSA) is 35.5 Å². The summed E-state index contributed by atoms with van der Waals surface area (Å²) in [6.45, 7) is 3.86. The average Bonchev–Trinajstić information content (AvgIpc) is 2.59. The maximum atomic E-state index is 12.4. The summed E-state index contributed by atoms with van der Waals surface area (Å²) >= 11 is 0. The van der Waals surface area contributed by atoms with E-state index in [0.717, 1.165) is 5.56 Å². The standard InChI is InChI=1S/C19H20O3/c1-4-14(12-19(20)15-8-6-5-7-9-15)16-10-17(21-2)13-18(11-16)22-3/h4-11,13-14H,1,12H2,2-3H3. The van der Waals surface area contributed by atoms with Crippen LogP contribution in [0, 0.1) is 0 Å². The van der Waals surface area contributed by atoms with Crippen molar-refractivity contribution < 1.29 is 14.3 Å². The van der Waals surface area contributed by atoms with E-state index in [-0.39, 0.29) is 11.7 Å². The molecule has 0 amide bonds.